The molecule has 3 atom stereocenters. The van der Waals surface area contributed by atoms with Gasteiger partial charge in [0.05, 0.1) is 37.6 Å². The second kappa shape index (κ2) is 10.4. The van der Waals surface area contributed by atoms with Gasteiger partial charge in [0.1, 0.15) is 18.5 Å². The van der Waals surface area contributed by atoms with E-state index in [-0.39, 0.29) is 36.5 Å². The first-order chi connectivity index (χ1) is 14.1. The fourth-order valence-electron chi connectivity index (χ4n) is 3.94. The molecule has 0 saturated heterocycles. The van der Waals surface area contributed by atoms with Gasteiger partial charge in [-0.05, 0) is 25.3 Å². The Bertz CT molecular complexity index is 741. The Morgan fingerprint density at radius 3 is 2.83 bits per heavy atom. The molecule has 1 aromatic carbocycles. The molecule has 29 heavy (non-hydrogen) atoms. The van der Waals surface area contributed by atoms with E-state index >= 15 is 0 Å². The predicted octanol–water partition coefficient (Wildman–Crippen LogP) is 3.92. The van der Waals surface area contributed by atoms with Crippen molar-refractivity contribution in [1.29, 1.82) is 0 Å². The van der Waals surface area contributed by atoms with Crippen molar-refractivity contribution in [2.24, 2.45) is 5.92 Å². The first kappa shape index (κ1) is 21.4. The van der Waals surface area contributed by atoms with E-state index in [1.165, 1.54) is 0 Å². The molecule has 1 heterocycles. The summed E-state index contributed by atoms with van der Waals surface area (Å²) in [5, 5.41) is 0. The van der Waals surface area contributed by atoms with E-state index in [2.05, 4.69) is 6.92 Å². The molecule has 0 spiro atoms. The number of carbonyl (C=O) groups excluding carboxylic acids is 2. The van der Waals surface area contributed by atoms with Crippen molar-refractivity contribution in [3.05, 3.63) is 36.1 Å². The van der Waals surface area contributed by atoms with Crippen molar-refractivity contribution in [1.82, 2.24) is 0 Å². The number of benzene rings is 1. The number of fused-ring (bicyclic) bond motifs is 1. The second-order valence-corrected chi connectivity index (χ2v) is 7.55. The minimum Gasteiger partial charge on any atom is -0.496 e. The SMILES string of the molecule is CCCCCOC(=O)COC1CCC2C(=O)C(c3ccccc3OC)=COC2C1. The van der Waals surface area contributed by atoms with Crippen molar-refractivity contribution in [2.45, 2.75) is 57.7 Å². The summed E-state index contributed by atoms with van der Waals surface area (Å²) in [6, 6.07) is 7.45. The van der Waals surface area contributed by atoms with E-state index in [1.807, 2.05) is 24.3 Å². The highest BCUT2D eigenvalue weighted by atomic mass is 16.6. The number of carbonyl (C=O) groups is 2. The van der Waals surface area contributed by atoms with Crippen LogP contribution in [0, 0.1) is 5.92 Å². The highest BCUT2D eigenvalue weighted by Crippen LogP contribution is 2.39. The average molecular weight is 402 g/mol. The van der Waals surface area contributed by atoms with Gasteiger partial charge in [-0.25, -0.2) is 4.79 Å². The fourth-order valence-corrected chi connectivity index (χ4v) is 3.94. The van der Waals surface area contributed by atoms with Crippen LogP contribution in [0.5, 0.6) is 5.75 Å². The first-order valence-electron chi connectivity index (χ1n) is 10.4. The predicted molar refractivity (Wildman–Crippen MR) is 108 cm³/mol. The molecule has 6 heteroatoms. The molecule has 3 unspecified atom stereocenters. The highest BCUT2D eigenvalue weighted by Gasteiger charge is 2.41. The minimum atomic E-state index is -0.331. The largest absolute Gasteiger partial charge is 0.496 e. The van der Waals surface area contributed by atoms with Gasteiger partial charge in [-0.2, -0.15) is 0 Å². The fraction of sp³-hybridized carbons (Fsp3) is 0.565. The van der Waals surface area contributed by atoms with E-state index < -0.39 is 0 Å². The van der Waals surface area contributed by atoms with Crippen LogP contribution in [0.3, 0.4) is 0 Å². The molecule has 0 aromatic heterocycles. The highest BCUT2D eigenvalue weighted by molar-refractivity contribution is 6.22. The Hall–Kier alpha value is -2.34. The molecule has 6 nitrogen and oxygen atoms in total. The maximum Gasteiger partial charge on any atom is 0.332 e. The summed E-state index contributed by atoms with van der Waals surface area (Å²) < 4.78 is 22.2. The third-order valence-electron chi connectivity index (χ3n) is 5.55. The maximum atomic E-state index is 13.1. The van der Waals surface area contributed by atoms with Gasteiger partial charge in [0.2, 0.25) is 0 Å². The number of ketones is 1. The van der Waals surface area contributed by atoms with Crippen molar-refractivity contribution in [2.75, 3.05) is 20.3 Å². The zero-order valence-corrected chi connectivity index (χ0v) is 17.2. The lowest BCUT2D eigenvalue weighted by Crippen LogP contribution is -2.41. The van der Waals surface area contributed by atoms with Crippen LogP contribution in [-0.4, -0.2) is 44.3 Å². The molecule has 1 aliphatic carbocycles. The number of hydrogen-bond donors (Lipinski definition) is 0. The van der Waals surface area contributed by atoms with Gasteiger partial charge < -0.3 is 18.9 Å². The van der Waals surface area contributed by atoms with Crippen LogP contribution in [0.4, 0.5) is 0 Å². The molecule has 1 aliphatic heterocycles. The Kier molecular flexibility index (Phi) is 7.69. The first-order valence-corrected chi connectivity index (χ1v) is 10.4. The van der Waals surface area contributed by atoms with Crippen molar-refractivity contribution in [3.63, 3.8) is 0 Å². The second-order valence-electron chi connectivity index (χ2n) is 7.55. The van der Waals surface area contributed by atoms with Gasteiger partial charge in [0.25, 0.3) is 0 Å². The van der Waals surface area contributed by atoms with Crippen LogP contribution in [0.25, 0.3) is 5.57 Å². The van der Waals surface area contributed by atoms with Crippen LogP contribution in [0.15, 0.2) is 30.5 Å². The van der Waals surface area contributed by atoms with Crippen LogP contribution in [-0.2, 0) is 23.8 Å². The standard InChI is InChI=1S/C23H30O6/c1-3-4-7-12-27-22(24)15-28-16-10-11-18-21(13-16)29-14-19(23(18)25)17-8-5-6-9-20(17)26-2/h5-6,8-9,14,16,18,21H,3-4,7,10-13,15H2,1-2H3. The van der Waals surface area contributed by atoms with Gasteiger partial charge in [-0.1, -0.05) is 38.0 Å². The van der Waals surface area contributed by atoms with E-state index in [0.717, 1.165) is 31.2 Å². The third-order valence-corrected chi connectivity index (χ3v) is 5.55. The summed E-state index contributed by atoms with van der Waals surface area (Å²) in [6.07, 6.45) is 6.23. The van der Waals surface area contributed by atoms with Crippen molar-refractivity contribution >= 4 is 17.3 Å². The molecule has 1 aromatic rings. The lowest BCUT2D eigenvalue weighted by Gasteiger charge is -2.37. The Morgan fingerprint density at radius 1 is 1.21 bits per heavy atom. The lowest BCUT2D eigenvalue weighted by molar-refractivity contribution is -0.154. The number of Topliss-reactive ketones (excluding diaryl/α,β-unsaturated/α-hetero) is 1. The molecular formula is C23H30O6. The molecule has 1 saturated carbocycles. The number of unbranched alkanes of at least 4 members (excludes halogenated alkanes) is 2. The van der Waals surface area contributed by atoms with E-state index in [9.17, 15) is 9.59 Å². The third kappa shape index (κ3) is 5.38. The normalized spacial score (nSPS) is 23.6. The zero-order valence-electron chi connectivity index (χ0n) is 17.2. The topological polar surface area (TPSA) is 71.1 Å². The lowest BCUT2D eigenvalue weighted by atomic mass is 9.77. The summed E-state index contributed by atoms with van der Waals surface area (Å²) in [7, 11) is 1.59. The number of esters is 1. The number of allylic oxidation sites excluding steroid dienone is 1. The molecule has 1 fully saturated rings. The zero-order chi connectivity index (χ0) is 20.6. The Balaban J connectivity index is 1.53. The summed E-state index contributed by atoms with van der Waals surface area (Å²) in [4.78, 5) is 24.8. The molecule has 2 aliphatic rings. The molecule has 0 bridgehead atoms. The molecule has 0 amide bonds. The number of para-hydroxylation sites is 1. The van der Waals surface area contributed by atoms with Crippen LogP contribution in [0.1, 0.15) is 51.0 Å². The smallest absolute Gasteiger partial charge is 0.332 e. The van der Waals surface area contributed by atoms with Crippen molar-refractivity contribution in [3.8, 4) is 5.75 Å². The minimum absolute atomic E-state index is 0.0512. The van der Waals surface area contributed by atoms with Gasteiger partial charge in [-0.3, -0.25) is 4.79 Å². The van der Waals surface area contributed by atoms with Gasteiger partial charge in [0.15, 0.2) is 5.78 Å². The average Bonchev–Trinajstić information content (AvgIpc) is 2.75. The Labute approximate surface area is 172 Å². The van der Waals surface area contributed by atoms with Crippen LogP contribution in [0.2, 0.25) is 0 Å². The van der Waals surface area contributed by atoms with E-state index in [4.69, 9.17) is 18.9 Å². The molecule has 0 radical (unpaired) electrons. The monoisotopic (exact) mass is 402 g/mol. The summed E-state index contributed by atoms with van der Waals surface area (Å²) >= 11 is 0. The van der Waals surface area contributed by atoms with Crippen molar-refractivity contribution < 1.29 is 28.5 Å². The van der Waals surface area contributed by atoms with Crippen LogP contribution >= 0.6 is 0 Å². The summed E-state index contributed by atoms with van der Waals surface area (Å²) in [5.41, 5.74) is 1.31. The van der Waals surface area contributed by atoms with E-state index in [1.54, 1.807) is 13.4 Å². The quantitative estimate of drug-likeness (QED) is 0.460. The molecule has 158 valence electrons. The van der Waals surface area contributed by atoms with Gasteiger partial charge in [0, 0.05) is 12.0 Å². The molecular weight excluding hydrogens is 372 g/mol. The molecule has 3 rings (SSSR count). The van der Waals surface area contributed by atoms with Gasteiger partial charge in [-0.15, -0.1) is 0 Å². The summed E-state index contributed by atoms with van der Waals surface area (Å²) in [5.74, 6) is 0.214. The van der Waals surface area contributed by atoms with E-state index in [0.29, 0.717) is 30.8 Å². The number of ether oxygens (including phenoxy) is 4. The number of rotatable bonds is 9. The number of methoxy groups -OCH3 is 1. The summed E-state index contributed by atoms with van der Waals surface area (Å²) in [6.45, 7) is 2.50. The van der Waals surface area contributed by atoms with Crippen LogP contribution < -0.4 is 4.74 Å². The molecule has 0 N–H and O–H groups in total. The van der Waals surface area contributed by atoms with Gasteiger partial charge >= 0.3 is 5.97 Å². The maximum absolute atomic E-state index is 13.1. The Morgan fingerprint density at radius 2 is 2.03 bits per heavy atom. The number of hydrogen-bond acceptors (Lipinski definition) is 6.